The molecule has 0 N–H and O–H groups in total. The molecule has 7 nitrogen and oxygen atoms in total. The lowest BCUT2D eigenvalue weighted by molar-refractivity contribution is -0.167. The average Bonchev–Trinajstić information content (AvgIpc) is 3.05. The van der Waals surface area contributed by atoms with E-state index in [2.05, 4.69) is 13.8 Å². The summed E-state index contributed by atoms with van der Waals surface area (Å²) in [5.74, 6) is -1.35. The first-order valence-corrected chi connectivity index (χ1v) is 20.0. The summed E-state index contributed by atoms with van der Waals surface area (Å²) in [7, 11) is 0. The van der Waals surface area contributed by atoms with Crippen LogP contribution in [0.4, 0.5) is 0 Å². The first kappa shape index (κ1) is 45.4. The Bertz CT molecular complexity index is 758. The number of hydrogen-bond donors (Lipinski definition) is 0. The summed E-state index contributed by atoms with van der Waals surface area (Å²) >= 11 is 5.31. The van der Waals surface area contributed by atoms with Crippen LogP contribution in [0.1, 0.15) is 206 Å². The summed E-state index contributed by atoms with van der Waals surface area (Å²) in [5.41, 5.74) is 0. The fourth-order valence-electron chi connectivity index (χ4n) is 5.65. The fraction of sp³-hybridized carbons (Fsp3) is 0.897. The second-order valence-electron chi connectivity index (χ2n) is 13.3. The number of ether oxygens (including phenoxy) is 3. The van der Waals surface area contributed by atoms with E-state index in [4.69, 9.17) is 25.8 Å². The molecule has 0 heterocycles. The number of esters is 3. The van der Waals surface area contributed by atoms with Gasteiger partial charge in [-0.25, -0.2) is 0 Å². The largest absolute Gasteiger partial charge is 0.462 e. The number of carbonyl (C=O) groups is 4. The minimum Gasteiger partial charge on any atom is -0.462 e. The van der Waals surface area contributed by atoms with Gasteiger partial charge in [-0.3, -0.25) is 19.2 Å². The van der Waals surface area contributed by atoms with Crippen LogP contribution in [0.3, 0.4) is 0 Å². The summed E-state index contributed by atoms with van der Waals surface area (Å²) < 4.78 is 16.1. The normalized spacial score (nSPS) is 11.7. The minimum absolute atomic E-state index is 0.127. The van der Waals surface area contributed by atoms with Crippen molar-refractivity contribution < 1.29 is 33.4 Å². The van der Waals surface area contributed by atoms with Gasteiger partial charge in [0.05, 0.1) is 6.42 Å². The van der Waals surface area contributed by atoms with Crippen LogP contribution in [0.25, 0.3) is 0 Å². The maximum Gasteiger partial charge on any atom is 0.306 e. The van der Waals surface area contributed by atoms with E-state index in [1.807, 2.05) is 0 Å². The quantitative estimate of drug-likeness (QED) is 0.0280. The lowest BCUT2D eigenvalue weighted by atomic mass is 10.0. The molecule has 1 unspecified atom stereocenters. The lowest BCUT2D eigenvalue weighted by Gasteiger charge is -2.18. The molecule has 0 fully saturated rings. The van der Waals surface area contributed by atoms with E-state index in [0.29, 0.717) is 6.42 Å². The number of unbranched alkanes of at least 4 members (excludes halogenated alkanes) is 24. The van der Waals surface area contributed by atoms with Crippen LogP contribution < -0.4 is 0 Å². The number of halogens is 1. The van der Waals surface area contributed by atoms with Crippen molar-refractivity contribution in [3.63, 3.8) is 0 Å². The van der Waals surface area contributed by atoms with E-state index < -0.39 is 23.3 Å². The Labute approximate surface area is 293 Å². The van der Waals surface area contributed by atoms with Crippen molar-refractivity contribution in [2.45, 2.75) is 213 Å². The summed E-state index contributed by atoms with van der Waals surface area (Å²) in [5, 5.41) is -0.621. The molecule has 8 heteroatoms. The van der Waals surface area contributed by atoms with Crippen molar-refractivity contribution >= 4 is 34.8 Å². The van der Waals surface area contributed by atoms with Crippen molar-refractivity contribution in [3.8, 4) is 0 Å². The van der Waals surface area contributed by atoms with Gasteiger partial charge < -0.3 is 14.2 Å². The highest BCUT2D eigenvalue weighted by Gasteiger charge is 2.19. The molecule has 0 aromatic carbocycles. The van der Waals surface area contributed by atoms with Crippen molar-refractivity contribution in [2.24, 2.45) is 0 Å². The van der Waals surface area contributed by atoms with Gasteiger partial charge in [0.25, 0.3) is 0 Å². The van der Waals surface area contributed by atoms with E-state index in [1.54, 1.807) is 0 Å². The van der Waals surface area contributed by atoms with Crippen molar-refractivity contribution in [1.29, 1.82) is 0 Å². The molecule has 0 rings (SSSR count). The number of hydrogen-bond acceptors (Lipinski definition) is 7. The molecule has 47 heavy (non-hydrogen) atoms. The first-order valence-electron chi connectivity index (χ1n) is 19.6. The van der Waals surface area contributed by atoms with E-state index in [9.17, 15) is 19.2 Å². The lowest BCUT2D eigenvalue weighted by Crippen LogP contribution is -2.31. The third-order valence-electron chi connectivity index (χ3n) is 8.65. The van der Waals surface area contributed by atoms with Gasteiger partial charge in [0.15, 0.2) is 6.10 Å². The highest BCUT2D eigenvalue weighted by Crippen LogP contribution is 2.15. The highest BCUT2D eigenvalue weighted by atomic mass is 35.5. The zero-order chi connectivity index (χ0) is 34.6. The molecule has 0 aromatic heterocycles. The Morgan fingerprint density at radius 1 is 0.404 bits per heavy atom. The first-order chi connectivity index (χ1) is 22.9. The SMILES string of the molecule is CCCCCCCCCCCCCCCC(=O)OCC(COC(=O)CCC(=O)Cl)OC(=O)CCCCCCCCCCCCCCC. The molecule has 0 aromatic rings. The van der Waals surface area contributed by atoms with Crippen LogP contribution in [0.15, 0.2) is 0 Å². The molecule has 1 atom stereocenters. The molecule has 276 valence electrons. The topological polar surface area (TPSA) is 96.0 Å². The van der Waals surface area contributed by atoms with Crippen LogP contribution in [0, 0.1) is 0 Å². The molecule has 0 aliphatic rings. The van der Waals surface area contributed by atoms with Gasteiger partial charge in [-0.2, -0.15) is 0 Å². The average molecular weight is 687 g/mol. The van der Waals surface area contributed by atoms with Crippen LogP contribution in [-0.2, 0) is 33.4 Å². The zero-order valence-corrected chi connectivity index (χ0v) is 31.2. The van der Waals surface area contributed by atoms with Gasteiger partial charge in [-0.05, 0) is 24.4 Å². The Hall–Kier alpha value is -1.63. The molecule has 0 saturated heterocycles. The Morgan fingerprint density at radius 2 is 0.702 bits per heavy atom. The minimum atomic E-state index is -0.879. The van der Waals surface area contributed by atoms with Crippen LogP contribution in [0.2, 0.25) is 0 Å². The van der Waals surface area contributed by atoms with Crippen LogP contribution in [0.5, 0.6) is 0 Å². The summed E-state index contributed by atoms with van der Waals surface area (Å²) in [4.78, 5) is 47.7. The summed E-state index contributed by atoms with van der Waals surface area (Å²) in [6.45, 7) is 4.10. The highest BCUT2D eigenvalue weighted by molar-refractivity contribution is 6.63. The zero-order valence-electron chi connectivity index (χ0n) is 30.4. The monoisotopic (exact) mass is 686 g/mol. The maximum absolute atomic E-state index is 12.5. The van der Waals surface area contributed by atoms with Gasteiger partial charge in [-0.15, -0.1) is 0 Å². The second-order valence-corrected chi connectivity index (χ2v) is 13.7. The van der Waals surface area contributed by atoms with Crippen LogP contribution in [-0.4, -0.2) is 42.5 Å². The van der Waals surface area contributed by atoms with E-state index in [1.165, 1.54) is 128 Å². The van der Waals surface area contributed by atoms with E-state index >= 15 is 0 Å². The Morgan fingerprint density at radius 3 is 1.04 bits per heavy atom. The van der Waals surface area contributed by atoms with Gasteiger partial charge >= 0.3 is 17.9 Å². The van der Waals surface area contributed by atoms with E-state index in [0.717, 1.165) is 38.5 Å². The maximum atomic E-state index is 12.5. The molecule has 0 amide bonds. The summed E-state index contributed by atoms with van der Waals surface area (Å²) in [6, 6.07) is 0. The molecule has 0 saturated carbocycles. The van der Waals surface area contributed by atoms with Crippen molar-refractivity contribution in [1.82, 2.24) is 0 Å². The third-order valence-corrected chi connectivity index (χ3v) is 8.84. The van der Waals surface area contributed by atoms with Gasteiger partial charge in [-0.1, -0.05) is 168 Å². The van der Waals surface area contributed by atoms with Gasteiger partial charge in [0.2, 0.25) is 5.24 Å². The second kappa shape index (κ2) is 35.7. The van der Waals surface area contributed by atoms with Crippen molar-refractivity contribution in [3.05, 3.63) is 0 Å². The van der Waals surface area contributed by atoms with Gasteiger partial charge in [0, 0.05) is 19.3 Å². The Kier molecular flexibility index (Phi) is 34.4. The summed E-state index contributed by atoms with van der Waals surface area (Å²) in [6.07, 6.45) is 31.4. The number of carbonyl (C=O) groups excluding carboxylic acids is 4. The van der Waals surface area contributed by atoms with E-state index in [-0.39, 0.29) is 38.4 Å². The van der Waals surface area contributed by atoms with Crippen molar-refractivity contribution in [2.75, 3.05) is 13.2 Å². The predicted molar refractivity (Wildman–Crippen MR) is 193 cm³/mol. The Balaban J connectivity index is 4.14. The standard InChI is InChI=1S/C39H71ClO7/c1-3-5-7-9-11-13-15-17-19-21-23-25-27-29-37(42)45-33-35(34-46-38(43)32-31-36(40)41)47-39(44)30-28-26-24-22-20-18-16-14-12-10-8-6-4-2/h35H,3-34H2,1-2H3. The molecule has 0 aliphatic carbocycles. The molecule has 0 bridgehead atoms. The van der Waals surface area contributed by atoms with Gasteiger partial charge in [0.1, 0.15) is 13.2 Å². The molecular weight excluding hydrogens is 616 g/mol. The molecule has 0 spiro atoms. The fourth-order valence-corrected chi connectivity index (χ4v) is 5.75. The molecular formula is C39H71ClO7. The molecule has 0 radical (unpaired) electrons. The smallest absolute Gasteiger partial charge is 0.306 e. The molecule has 0 aliphatic heterocycles. The predicted octanol–water partition coefficient (Wildman–Crippen LogP) is 11.5. The third kappa shape index (κ3) is 35.5. The van der Waals surface area contributed by atoms with Crippen LogP contribution >= 0.6 is 11.6 Å². The number of rotatable bonds is 36.